The molecular weight excluding hydrogens is 344 g/mol. The maximum Gasteiger partial charge on any atom is 0.131 e. The molecule has 1 aromatic carbocycles. The third-order valence-electron chi connectivity index (χ3n) is 5.95. The third kappa shape index (κ3) is 6.32. The van der Waals surface area contributed by atoms with Crippen LogP contribution in [-0.2, 0) is 12.8 Å². The van der Waals surface area contributed by atoms with Crippen molar-refractivity contribution in [3.8, 4) is 5.75 Å². The molecule has 2 aromatic rings. The highest BCUT2D eigenvalue weighted by atomic mass is 16.5. The number of hydrogen-bond acceptors (Lipinski definition) is 3. The van der Waals surface area contributed by atoms with E-state index in [-0.39, 0.29) is 0 Å². The number of aryl methyl sites for hydroxylation is 2. The Labute approximate surface area is 171 Å². The number of nitrogens with zero attached hydrogens (tertiary/aromatic N) is 2. The fourth-order valence-corrected chi connectivity index (χ4v) is 4.13. The van der Waals surface area contributed by atoms with Crippen LogP contribution in [-0.4, -0.2) is 16.6 Å². The van der Waals surface area contributed by atoms with Crippen LogP contribution in [0.4, 0.5) is 0 Å². The normalized spacial score (nSPS) is 19.5. The third-order valence-corrected chi connectivity index (χ3v) is 5.95. The van der Waals surface area contributed by atoms with Crippen molar-refractivity contribution in [2.24, 2.45) is 5.92 Å². The molecule has 1 aliphatic carbocycles. The summed E-state index contributed by atoms with van der Waals surface area (Å²) < 4.78 is 6.05. The Hall–Kier alpha value is -1.90. The lowest BCUT2D eigenvalue weighted by molar-refractivity contribution is 0.198. The van der Waals surface area contributed by atoms with Gasteiger partial charge in [0.15, 0.2) is 0 Å². The smallest absolute Gasteiger partial charge is 0.131 e. The van der Waals surface area contributed by atoms with Crippen LogP contribution in [0.25, 0.3) is 0 Å². The lowest BCUT2D eigenvalue weighted by atomic mass is 9.82. The number of hydrogen-bond donors (Lipinski definition) is 0. The van der Waals surface area contributed by atoms with Crippen molar-refractivity contribution in [1.82, 2.24) is 9.97 Å². The van der Waals surface area contributed by atoms with Gasteiger partial charge in [0, 0.05) is 18.3 Å². The molecule has 3 rings (SSSR count). The average molecular weight is 381 g/mol. The molecule has 0 spiro atoms. The molecular formula is C25H36N2O. The molecule has 28 heavy (non-hydrogen) atoms. The van der Waals surface area contributed by atoms with Gasteiger partial charge in [-0.2, -0.15) is 0 Å². The molecule has 1 saturated carbocycles. The second kappa shape index (κ2) is 11.2. The van der Waals surface area contributed by atoms with Crippen LogP contribution in [0, 0.1) is 5.92 Å². The predicted octanol–water partition coefficient (Wildman–Crippen LogP) is 6.51. The van der Waals surface area contributed by atoms with E-state index in [0.717, 1.165) is 31.0 Å². The van der Waals surface area contributed by atoms with Crippen LogP contribution >= 0.6 is 0 Å². The molecule has 0 saturated heterocycles. The number of ether oxygens (including phenoxy) is 1. The Kier molecular flexibility index (Phi) is 8.32. The van der Waals surface area contributed by atoms with Crippen LogP contribution in [0.3, 0.4) is 0 Å². The highest BCUT2D eigenvalue weighted by molar-refractivity contribution is 5.27. The van der Waals surface area contributed by atoms with Crippen LogP contribution in [0.1, 0.15) is 88.1 Å². The molecule has 0 aliphatic heterocycles. The summed E-state index contributed by atoms with van der Waals surface area (Å²) in [6.45, 7) is 5.29. The summed E-state index contributed by atoms with van der Waals surface area (Å²) in [5.41, 5.74) is 2.68. The lowest BCUT2D eigenvalue weighted by Crippen LogP contribution is -2.20. The fourth-order valence-electron chi connectivity index (χ4n) is 4.13. The SMILES string of the molecule is CCCCCc1cnc(C2CCC(COc3ccc(CCC)cc3)CC2)nc1. The van der Waals surface area contributed by atoms with Crippen molar-refractivity contribution in [3.05, 3.63) is 53.6 Å². The Balaban J connectivity index is 1.40. The molecule has 152 valence electrons. The highest BCUT2D eigenvalue weighted by Gasteiger charge is 2.24. The second-order valence-corrected chi connectivity index (χ2v) is 8.33. The van der Waals surface area contributed by atoms with E-state index in [0.29, 0.717) is 11.8 Å². The van der Waals surface area contributed by atoms with Gasteiger partial charge in [-0.05, 0) is 74.1 Å². The molecule has 0 unspecified atom stereocenters. The van der Waals surface area contributed by atoms with Gasteiger partial charge >= 0.3 is 0 Å². The second-order valence-electron chi connectivity index (χ2n) is 8.33. The van der Waals surface area contributed by atoms with Gasteiger partial charge in [-0.1, -0.05) is 45.2 Å². The summed E-state index contributed by atoms with van der Waals surface area (Å²) in [6, 6.07) is 8.62. The van der Waals surface area contributed by atoms with Gasteiger partial charge < -0.3 is 4.74 Å². The average Bonchev–Trinajstić information content (AvgIpc) is 2.75. The maximum atomic E-state index is 6.05. The number of benzene rings is 1. The zero-order valence-electron chi connectivity index (χ0n) is 17.7. The zero-order chi connectivity index (χ0) is 19.6. The molecule has 1 aromatic heterocycles. The van der Waals surface area contributed by atoms with Gasteiger partial charge in [-0.3, -0.25) is 0 Å². The van der Waals surface area contributed by atoms with Crippen molar-refractivity contribution < 1.29 is 4.74 Å². The van der Waals surface area contributed by atoms with E-state index in [2.05, 4.69) is 60.5 Å². The fraction of sp³-hybridized carbons (Fsp3) is 0.600. The Morgan fingerprint density at radius 2 is 1.54 bits per heavy atom. The molecule has 3 nitrogen and oxygen atoms in total. The van der Waals surface area contributed by atoms with E-state index in [1.807, 2.05) is 0 Å². The van der Waals surface area contributed by atoms with Gasteiger partial charge in [-0.25, -0.2) is 9.97 Å². The molecule has 0 N–H and O–H groups in total. The van der Waals surface area contributed by atoms with Gasteiger partial charge in [0.05, 0.1) is 6.61 Å². The first-order valence-electron chi connectivity index (χ1n) is 11.3. The van der Waals surface area contributed by atoms with Crippen molar-refractivity contribution in [2.75, 3.05) is 6.61 Å². The number of rotatable bonds is 10. The molecule has 1 fully saturated rings. The molecule has 0 bridgehead atoms. The van der Waals surface area contributed by atoms with E-state index in [9.17, 15) is 0 Å². The van der Waals surface area contributed by atoms with E-state index in [1.54, 1.807) is 0 Å². The minimum absolute atomic E-state index is 0.522. The van der Waals surface area contributed by atoms with Crippen LogP contribution in [0.2, 0.25) is 0 Å². The van der Waals surface area contributed by atoms with Gasteiger partial charge in [0.25, 0.3) is 0 Å². The molecule has 0 amide bonds. The first-order chi connectivity index (χ1) is 13.8. The molecule has 3 heteroatoms. The van der Waals surface area contributed by atoms with E-state index in [4.69, 9.17) is 4.74 Å². The van der Waals surface area contributed by atoms with Crippen molar-refractivity contribution in [1.29, 1.82) is 0 Å². The topological polar surface area (TPSA) is 35.0 Å². The first-order valence-corrected chi connectivity index (χ1v) is 11.3. The minimum atomic E-state index is 0.522. The lowest BCUT2D eigenvalue weighted by Gasteiger charge is -2.27. The summed E-state index contributed by atoms with van der Waals surface area (Å²) in [5.74, 6) is 3.23. The van der Waals surface area contributed by atoms with Gasteiger partial charge in [-0.15, -0.1) is 0 Å². The van der Waals surface area contributed by atoms with Crippen molar-refractivity contribution >= 4 is 0 Å². The van der Waals surface area contributed by atoms with E-state index >= 15 is 0 Å². The number of aromatic nitrogens is 2. The Morgan fingerprint density at radius 3 is 2.18 bits per heavy atom. The van der Waals surface area contributed by atoms with Gasteiger partial charge in [0.2, 0.25) is 0 Å². The molecule has 0 radical (unpaired) electrons. The predicted molar refractivity (Wildman–Crippen MR) is 116 cm³/mol. The van der Waals surface area contributed by atoms with Crippen molar-refractivity contribution in [3.63, 3.8) is 0 Å². The van der Waals surface area contributed by atoms with E-state index in [1.165, 1.54) is 62.5 Å². The maximum absolute atomic E-state index is 6.05. The summed E-state index contributed by atoms with van der Waals surface area (Å²) >= 11 is 0. The first kappa shape index (κ1) is 20.8. The summed E-state index contributed by atoms with van der Waals surface area (Å²) in [4.78, 5) is 9.36. The summed E-state index contributed by atoms with van der Waals surface area (Å²) in [6.07, 6.45) is 16.1. The van der Waals surface area contributed by atoms with Crippen LogP contribution < -0.4 is 4.74 Å². The molecule has 0 atom stereocenters. The summed E-state index contributed by atoms with van der Waals surface area (Å²) in [5, 5.41) is 0. The molecule has 1 aliphatic rings. The minimum Gasteiger partial charge on any atom is -0.493 e. The standard InChI is InChI=1S/C25H36N2O/c1-3-5-6-8-22-17-26-25(27-18-22)23-13-9-21(10-14-23)19-28-24-15-11-20(7-4-2)12-16-24/h11-12,15-18,21,23H,3-10,13-14,19H2,1-2H3. The van der Waals surface area contributed by atoms with Crippen LogP contribution in [0.5, 0.6) is 5.75 Å². The Morgan fingerprint density at radius 1 is 0.821 bits per heavy atom. The largest absolute Gasteiger partial charge is 0.493 e. The quantitative estimate of drug-likeness (QED) is 0.440. The van der Waals surface area contributed by atoms with Crippen LogP contribution in [0.15, 0.2) is 36.7 Å². The number of unbranched alkanes of at least 4 members (excludes halogenated alkanes) is 2. The zero-order valence-corrected chi connectivity index (χ0v) is 17.7. The summed E-state index contributed by atoms with van der Waals surface area (Å²) in [7, 11) is 0. The van der Waals surface area contributed by atoms with E-state index < -0.39 is 0 Å². The van der Waals surface area contributed by atoms with Gasteiger partial charge in [0.1, 0.15) is 11.6 Å². The Bertz CT molecular complexity index is 673. The monoisotopic (exact) mass is 380 g/mol. The highest BCUT2D eigenvalue weighted by Crippen LogP contribution is 2.34. The molecule has 1 heterocycles. The van der Waals surface area contributed by atoms with Crippen molar-refractivity contribution in [2.45, 2.75) is 84.0 Å².